The SMILES string of the molecule is C/C(=N\Nc1c(Cl)c(Cl)nc(C(=O)O)c1Cl)c1cc(Cl)ccc1[O-]. The van der Waals surface area contributed by atoms with E-state index < -0.39 is 11.7 Å². The van der Waals surface area contributed by atoms with Gasteiger partial charge >= 0.3 is 5.97 Å². The summed E-state index contributed by atoms with van der Waals surface area (Å²) in [6, 6.07) is 4.22. The van der Waals surface area contributed by atoms with Gasteiger partial charge in [0.1, 0.15) is 10.0 Å². The molecule has 0 bridgehead atoms. The molecule has 0 amide bonds. The molecule has 2 N–H and O–H groups in total. The van der Waals surface area contributed by atoms with Crippen LogP contribution in [0.3, 0.4) is 0 Å². The number of benzene rings is 1. The van der Waals surface area contributed by atoms with Crippen LogP contribution in [0.25, 0.3) is 0 Å². The first-order chi connectivity index (χ1) is 11.2. The van der Waals surface area contributed by atoms with E-state index in [0.29, 0.717) is 10.7 Å². The first-order valence-corrected chi connectivity index (χ1v) is 7.78. The number of pyridine rings is 1. The van der Waals surface area contributed by atoms with E-state index in [-0.39, 0.29) is 32.2 Å². The van der Waals surface area contributed by atoms with Crippen molar-refractivity contribution in [1.82, 2.24) is 4.98 Å². The minimum Gasteiger partial charge on any atom is -0.872 e. The monoisotopic (exact) mass is 406 g/mol. The first kappa shape index (κ1) is 18.6. The summed E-state index contributed by atoms with van der Waals surface area (Å²) < 4.78 is 0. The maximum absolute atomic E-state index is 11.8. The molecule has 0 radical (unpaired) electrons. The molecule has 0 saturated carbocycles. The Morgan fingerprint density at radius 2 is 1.92 bits per heavy atom. The number of nitrogens with one attached hydrogen (secondary N) is 1. The number of carboxylic acid groups (broad SMARTS) is 1. The molecule has 126 valence electrons. The zero-order chi connectivity index (χ0) is 18.0. The fourth-order valence-electron chi connectivity index (χ4n) is 1.74. The molecule has 0 aliphatic heterocycles. The summed E-state index contributed by atoms with van der Waals surface area (Å²) in [7, 11) is 0. The van der Waals surface area contributed by atoms with E-state index in [4.69, 9.17) is 51.5 Å². The largest absolute Gasteiger partial charge is 0.872 e. The van der Waals surface area contributed by atoms with Crippen LogP contribution in [-0.2, 0) is 0 Å². The topological polar surface area (TPSA) is 97.6 Å². The number of anilines is 1. The highest BCUT2D eigenvalue weighted by Gasteiger charge is 2.20. The van der Waals surface area contributed by atoms with Gasteiger partial charge < -0.3 is 10.2 Å². The summed E-state index contributed by atoms with van der Waals surface area (Å²) in [6.45, 7) is 1.56. The Balaban J connectivity index is 2.44. The molecular formula is C14H8Cl4N3O3-. The van der Waals surface area contributed by atoms with E-state index in [1.54, 1.807) is 6.92 Å². The van der Waals surface area contributed by atoms with Crippen LogP contribution in [0, 0.1) is 0 Å². The highest BCUT2D eigenvalue weighted by atomic mass is 35.5. The normalized spacial score (nSPS) is 11.5. The van der Waals surface area contributed by atoms with Gasteiger partial charge in [-0.25, -0.2) is 9.78 Å². The van der Waals surface area contributed by atoms with E-state index in [0.717, 1.165) is 0 Å². The number of aromatic nitrogens is 1. The Morgan fingerprint density at radius 3 is 2.54 bits per heavy atom. The van der Waals surface area contributed by atoms with Gasteiger partial charge in [0.15, 0.2) is 10.8 Å². The lowest BCUT2D eigenvalue weighted by Gasteiger charge is -2.14. The van der Waals surface area contributed by atoms with E-state index >= 15 is 0 Å². The lowest BCUT2D eigenvalue weighted by Crippen LogP contribution is -2.08. The molecule has 0 unspecified atom stereocenters. The number of hydrogen-bond acceptors (Lipinski definition) is 5. The number of halogens is 4. The van der Waals surface area contributed by atoms with Crippen molar-refractivity contribution in [2.75, 3.05) is 5.43 Å². The molecule has 0 fully saturated rings. The van der Waals surface area contributed by atoms with Crippen LogP contribution in [0.2, 0.25) is 20.2 Å². The molecule has 0 spiro atoms. The molecule has 2 aromatic rings. The van der Waals surface area contributed by atoms with Gasteiger partial charge in [0.2, 0.25) is 0 Å². The third kappa shape index (κ3) is 3.84. The van der Waals surface area contributed by atoms with Crippen molar-refractivity contribution < 1.29 is 15.0 Å². The fraction of sp³-hybridized carbons (Fsp3) is 0.0714. The maximum atomic E-state index is 11.8. The molecule has 0 atom stereocenters. The lowest BCUT2D eigenvalue weighted by molar-refractivity contribution is -0.268. The molecule has 6 nitrogen and oxygen atoms in total. The summed E-state index contributed by atoms with van der Waals surface area (Å²) in [5.74, 6) is -1.65. The summed E-state index contributed by atoms with van der Waals surface area (Å²) >= 11 is 23.6. The third-order valence-electron chi connectivity index (χ3n) is 2.91. The van der Waals surface area contributed by atoms with Crippen LogP contribution in [0.15, 0.2) is 23.3 Å². The molecule has 1 heterocycles. The molecule has 0 saturated heterocycles. The van der Waals surface area contributed by atoms with Crippen LogP contribution in [0.1, 0.15) is 23.0 Å². The number of nitrogens with zero attached hydrogens (tertiary/aromatic N) is 2. The maximum Gasteiger partial charge on any atom is 0.356 e. The smallest absolute Gasteiger partial charge is 0.356 e. The third-order valence-corrected chi connectivity index (χ3v) is 4.25. The Labute approximate surface area is 156 Å². The van der Waals surface area contributed by atoms with Gasteiger partial charge in [0, 0.05) is 5.02 Å². The van der Waals surface area contributed by atoms with Gasteiger partial charge in [-0.2, -0.15) is 5.10 Å². The lowest BCUT2D eigenvalue weighted by atomic mass is 10.1. The molecule has 24 heavy (non-hydrogen) atoms. The average molecular weight is 408 g/mol. The van der Waals surface area contributed by atoms with Gasteiger partial charge in [-0.15, -0.1) is 0 Å². The second kappa shape index (κ2) is 7.44. The van der Waals surface area contributed by atoms with Crippen LogP contribution in [-0.4, -0.2) is 21.8 Å². The second-order valence-electron chi connectivity index (χ2n) is 4.51. The van der Waals surface area contributed by atoms with Gasteiger partial charge in [-0.05, 0) is 24.6 Å². The van der Waals surface area contributed by atoms with Gasteiger partial charge in [0.05, 0.1) is 11.4 Å². The standard InChI is InChI=1S/C14H9Cl4N3O3/c1-5(7-4-6(15)2-3-8(7)22)20-21-11-9(16)12(14(23)24)19-13(18)10(11)17/h2-4,22H,1H3,(H,19,21)(H,23,24)/p-1/b20-5+. The van der Waals surface area contributed by atoms with Crippen molar-refractivity contribution >= 4 is 63.8 Å². The van der Waals surface area contributed by atoms with Crippen molar-refractivity contribution in [2.45, 2.75) is 6.92 Å². The highest BCUT2D eigenvalue weighted by Crippen LogP contribution is 2.37. The number of carboxylic acids is 1. The number of carbonyl (C=O) groups is 1. The highest BCUT2D eigenvalue weighted by molar-refractivity contribution is 6.46. The van der Waals surface area contributed by atoms with Crippen LogP contribution < -0.4 is 10.5 Å². The molecule has 0 aliphatic rings. The zero-order valence-electron chi connectivity index (χ0n) is 11.9. The minimum absolute atomic E-state index is 0.0374. The Hall–Kier alpha value is -1.73. The van der Waals surface area contributed by atoms with Crippen molar-refractivity contribution in [1.29, 1.82) is 0 Å². The summed E-state index contributed by atoms with van der Waals surface area (Å²) in [5.41, 5.74) is 2.56. The van der Waals surface area contributed by atoms with E-state index in [1.807, 2.05) is 0 Å². The second-order valence-corrected chi connectivity index (χ2v) is 6.06. The van der Waals surface area contributed by atoms with Crippen molar-refractivity contribution in [3.63, 3.8) is 0 Å². The van der Waals surface area contributed by atoms with Crippen molar-refractivity contribution in [3.8, 4) is 5.75 Å². The van der Waals surface area contributed by atoms with Gasteiger partial charge in [-0.3, -0.25) is 5.43 Å². The van der Waals surface area contributed by atoms with Crippen LogP contribution in [0.4, 0.5) is 5.69 Å². The number of hydrazone groups is 1. The summed E-state index contributed by atoms with van der Waals surface area (Å²) in [4.78, 5) is 14.7. The molecule has 2 rings (SSSR count). The molecule has 1 aromatic heterocycles. The predicted molar refractivity (Wildman–Crippen MR) is 93.0 cm³/mol. The van der Waals surface area contributed by atoms with E-state index in [2.05, 4.69) is 15.5 Å². The molecule has 1 aromatic carbocycles. The van der Waals surface area contributed by atoms with Crippen LogP contribution >= 0.6 is 46.4 Å². The van der Waals surface area contributed by atoms with E-state index in [1.165, 1.54) is 18.2 Å². The molecule has 0 aliphatic carbocycles. The minimum atomic E-state index is -1.38. The number of hydrogen-bond donors (Lipinski definition) is 2. The number of rotatable bonds is 4. The van der Waals surface area contributed by atoms with Gasteiger partial charge in [-0.1, -0.05) is 58.2 Å². The first-order valence-electron chi connectivity index (χ1n) is 6.27. The average Bonchev–Trinajstić information content (AvgIpc) is 2.52. The summed E-state index contributed by atoms with van der Waals surface area (Å²) in [5, 5.41) is 24.6. The van der Waals surface area contributed by atoms with Crippen LogP contribution in [0.5, 0.6) is 5.75 Å². The Bertz CT molecular complexity index is 856. The number of aromatic carboxylic acids is 1. The zero-order valence-corrected chi connectivity index (χ0v) is 14.9. The Morgan fingerprint density at radius 1 is 1.25 bits per heavy atom. The van der Waals surface area contributed by atoms with E-state index in [9.17, 15) is 9.90 Å². The molecule has 10 heteroatoms. The predicted octanol–water partition coefficient (Wildman–Crippen LogP) is 4.30. The Kier molecular flexibility index (Phi) is 5.77. The quantitative estimate of drug-likeness (QED) is 0.447. The summed E-state index contributed by atoms with van der Waals surface area (Å²) in [6.07, 6.45) is 0. The van der Waals surface area contributed by atoms with Gasteiger partial charge in [0.25, 0.3) is 0 Å². The molecular weight excluding hydrogens is 400 g/mol. The fourth-order valence-corrected chi connectivity index (χ4v) is 2.58. The van der Waals surface area contributed by atoms with Crippen molar-refractivity contribution in [3.05, 3.63) is 49.7 Å². The van der Waals surface area contributed by atoms with Crippen molar-refractivity contribution in [2.24, 2.45) is 5.10 Å².